The molecule has 3 rings (SSSR count). The summed E-state index contributed by atoms with van der Waals surface area (Å²) in [5, 5.41) is 6.39. The minimum atomic E-state index is -0.706. The fraction of sp³-hybridized carbons (Fsp3) is 0.100. The molecule has 0 radical (unpaired) electrons. The van der Waals surface area contributed by atoms with Crippen molar-refractivity contribution in [2.75, 3.05) is 5.32 Å². The maximum atomic E-state index is 13.2. The number of fused-ring (bicyclic) bond motifs is 1. The summed E-state index contributed by atoms with van der Waals surface area (Å²) >= 11 is 1.47. The first kappa shape index (κ1) is 18.8. The third kappa shape index (κ3) is 4.83. The van der Waals surface area contributed by atoms with E-state index in [-0.39, 0.29) is 17.9 Å². The van der Waals surface area contributed by atoms with E-state index in [9.17, 15) is 13.6 Å². The Kier molecular flexibility index (Phi) is 5.71. The molecule has 2 N–H and O–H groups in total. The van der Waals surface area contributed by atoms with Gasteiger partial charge in [-0.1, -0.05) is 6.58 Å². The Morgan fingerprint density at radius 1 is 1.26 bits per heavy atom. The highest BCUT2D eigenvalue weighted by Gasteiger charge is 2.09. The summed E-state index contributed by atoms with van der Waals surface area (Å²) in [6.45, 7) is 5.59. The molecular formula is C20H17F2N3OS. The van der Waals surface area contributed by atoms with Gasteiger partial charge in [-0.2, -0.15) is 0 Å². The number of anilines is 1. The van der Waals surface area contributed by atoms with Crippen molar-refractivity contribution in [2.24, 2.45) is 0 Å². The summed E-state index contributed by atoms with van der Waals surface area (Å²) in [6.07, 6.45) is -0.123. The van der Waals surface area contributed by atoms with Crippen LogP contribution in [0.25, 0.3) is 16.6 Å². The van der Waals surface area contributed by atoms with Crippen LogP contribution in [0.3, 0.4) is 0 Å². The number of hydrogen-bond acceptors (Lipinski definition) is 3. The van der Waals surface area contributed by atoms with Crippen LogP contribution in [0.5, 0.6) is 0 Å². The van der Waals surface area contributed by atoms with E-state index in [1.54, 1.807) is 23.6 Å². The van der Waals surface area contributed by atoms with Gasteiger partial charge in [-0.05, 0) is 59.2 Å². The molecule has 138 valence electrons. The molecule has 1 heterocycles. The van der Waals surface area contributed by atoms with Crippen molar-refractivity contribution in [3.8, 4) is 0 Å². The Morgan fingerprint density at radius 2 is 2.00 bits per heavy atom. The van der Waals surface area contributed by atoms with Crippen LogP contribution in [0.2, 0.25) is 0 Å². The van der Waals surface area contributed by atoms with Gasteiger partial charge in [0.15, 0.2) is 0 Å². The maximum Gasteiger partial charge on any atom is 0.228 e. The highest BCUT2D eigenvalue weighted by molar-refractivity contribution is 8.05. The first-order valence-corrected chi connectivity index (χ1v) is 9.07. The molecule has 3 aromatic rings. The molecule has 0 aliphatic carbocycles. The highest BCUT2D eigenvalue weighted by Crippen LogP contribution is 2.22. The second-order valence-electron chi connectivity index (χ2n) is 5.92. The number of carbonyl (C=O) groups excluding carboxylic acids is 1. The van der Waals surface area contributed by atoms with E-state index in [0.717, 1.165) is 40.6 Å². The van der Waals surface area contributed by atoms with Crippen LogP contribution in [0, 0.1) is 11.6 Å². The van der Waals surface area contributed by atoms with Gasteiger partial charge < -0.3 is 10.3 Å². The quantitative estimate of drug-likeness (QED) is 0.608. The number of allylic oxidation sites excluding steroid dienone is 1. The number of aromatic amines is 1. The van der Waals surface area contributed by atoms with Gasteiger partial charge in [0.25, 0.3) is 0 Å². The zero-order chi connectivity index (χ0) is 19.4. The molecule has 0 saturated heterocycles. The fourth-order valence-corrected chi connectivity index (χ4v) is 3.00. The Balaban J connectivity index is 1.74. The second-order valence-corrected chi connectivity index (χ2v) is 6.76. The summed E-state index contributed by atoms with van der Waals surface area (Å²) in [7, 11) is 0. The van der Waals surface area contributed by atoms with Gasteiger partial charge in [0.2, 0.25) is 5.91 Å². The number of nitrogens with zero attached hydrogens (tertiary/aromatic N) is 1. The Labute approximate surface area is 159 Å². The molecule has 2 aromatic carbocycles. The monoisotopic (exact) mass is 385 g/mol. The van der Waals surface area contributed by atoms with Gasteiger partial charge in [-0.3, -0.25) is 4.79 Å². The number of H-pyrrole nitrogens is 1. The van der Waals surface area contributed by atoms with Gasteiger partial charge in [0.1, 0.15) is 17.5 Å². The van der Waals surface area contributed by atoms with Crippen molar-refractivity contribution in [1.29, 1.82) is 0 Å². The Bertz CT molecular complexity index is 1020. The zero-order valence-electron chi connectivity index (χ0n) is 14.6. The van der Waals surface area contributed by atoms with Crippen molar-refractivity contribution in [3.63, 3.8) is 0 Å². The molecule has 0 saturated carbocycles. The third-order valence-electron chi connectivity index (χ3n) is 3.77. The molecule has 0 atom stereocenters. The van der Waals surface area contributed by atoms with Crippen molar-refractivity contribution >= 4 is 40.0 Å². The lowest BCUT2D eigenvalue weighted by molar-refractivity contribution is -0.115. The maximum absolute atomic E-state index is 13.2. The molecule has 0 fully saturated rings. The molecule has 1 aromatic heterocycles. The average Bonchev–Trinajstić information content (AvgIpc) is 3.02. The Hall–Kier alpha value is -2.93. The van der Waals surface area contributed by atoms with Crippen molar-refractivity contribution < 1.29 is 13.6 Å². The number of nitrogens with one attached hydrogen (secondary N) is 2. The van der Waals surface area contributed by atoms with Gasteiger partial charge >= 0.3 is 0 Å². The van der Waals surface area contributed by atoms with E-state index in [4.69, 9.17) is 0 Å². The normalized spacial score (nSPS) is 11.6. The lowest BCUT2D eigenvalue weighted by Crippen LogP contribution is -2.14. The number of hydrogen-bond donors (Lipinski definition) is 2. The predicted molar refractivity (Wildman–Crippen MR) is 106 cm³/mol. The number of aromatic nitrogens is 2. The van der Waals surface area contributed by atoms with Crippen LogP contribution in [0.1, 0.15) is 18.3 Å². The molecule has 1 amide bonds. The van der Waals surface area contributed by atoms with Crippen LogP contribution >= 0.6 is 11.8 Å². The summed E-state index contributed by atoms with van der Waals surface area (Å²) in [5.74, 6) is -1.04. The summed E-state index contributed by atoms with van der Waals surface area (Å²) < 4.78 is 26.5. The molecule has 7 heteroatoms. The number of halogens is 2. The number of thioether (sulfide) groups is 1. The van der Waals surface area contributed by atoms with Crippen LogP contribution in [0.15, 0.2) is 53.8 Å². The first-order chi connectivity index (χ1) is 12.9. The van der Waals surface area contributed by atoms with E-state index in [1.165, 1.54) is 11.8 Å². The number of imidazole rings is 1. The van der Waals surface area contributed by atoms with Crippen LogP contribution < -0.4 is 5.32 Å². The number of carbonyl (C=O) groups is 1. The molecule has 0 spiro atoms. The van der Waals surface area contributed by atoms with Gasteiger partial charge in [0, 0.05) is 11.8 Å². The zero-order valence-corrected chi connectivity index (χ0v) is 15.4. The summed E-state index contributed by atoms with van der Waals surface area (Å²) in [6, 6.07) is 8.35. The molecular weight excluding hydrogens is 368 g/mol. The third-order valence-corrected chi connectivity index (χ3v) is 4.45. The molecule has 0 bridgehead atoms. The molecule has 0 aliphatic rings. The van der Waals surface area contributed by atoms with E-state index in [1.807, 2.05) is 12.3 Å². The molecule has 4 nitrogen and oxygen atoms in total. The van der Waals surface area contributed by atoms with Crippen LogP contribution in [-0.4, -0.2) is 15.9 Å². The minimum Gasteiger partial charge on any atom is -0.338 e. The van der Waals surface area contributed by atoms with Crippen LogP contribution in [-0.2, 0) is 11.2 Å². The highest BCUT2D eigenvalue weighted by atomic mass is 32.2. The SMILES string of the molecule is C=CS/C=C(\C)c1nc2ccc(NC(=O)Cc3cc(F)cc(F)c3)cc2[nH]1. The van der Waals surface area contributed by atoms with Gasteiger partial charge in [-0.15, -0.1) is 11.8 Å². The molecule has 27 heavy (non-hydrogen) atoms. The van der Waals surface area contributed by atoms with Crippen molar-refractivity contribution in [1.82, 2.24) is 9.97 Å². The van der Waals surface area contributed by atoms with Gasteiger partial charge in [-0.25, -0.2) is 13.8 Å². The predicted octanol–water partition coefficient (Wildman–Crippen LogP) is 5.26. The topological polar surface area (TPSA) is 57.8 Å². The minimum absolute atomic E-state index is 0.123. The molecule has 0 aliphatic heterocycles. The van der Waals surface area contributed by atoms with E-state index >= 15 is 0 Å². The summed E-state index contributed by atoms with van der Waals surface area (Å²) in [4.78, 5) is 19.9. The van der Waals surface area contributed by atoms with E-state index in [0.29, 0.717) is 5.69 Å². The van der Waals surface area contributed by atoms with Crippen LogP contribution in [0.4, 0.5) is 14.5 Å². The lowest BCUT2D eigenvalue weighted by Gasteiger charge is -2.06. The van der Waals surface area contributed by atoms with Crippen molar-refractivity contribution in [2.45, 2.75) is 13.3 Å². The van der Waals surface area contributed by atoms with Crippen molar-refractivity contribution in [3.05, 3.63) is 76.8 Å². The first-order valence-electron chi connectivity index (χ1n) is 8.12. The Morgan fingerprint density at radius 3 is 2.70 bits per heavy atom. The van der Waals surface area contributed by atoms with E-state index in [2.05, 4.69) is 21.9 Å². The standard InChI is InChI=1S/C20H17F2N3OS/c1-3-27-11-12(2)20-24-17-5-4-16(10-18(17)25-20)23-19(26)8-13-6-14(21)9-15(22)7-13/h3-7,9-11H,1,8H2,2H3,(H,23,26)(H,24,25)/b12-11+. The fourth-order valence-electron chi connectivity index (χ4n) is 2.58. The molecule has 0 unspecified atom stereocenters. The second kappa shape index (κ2) is 8.18. The average molecular weight is 385 g/mol. The number of amides is 1. The number of rotatable bonds is 6. The summed E-state index contributed by atoms with van der Waals surface area (Å²) in [5.41, 5.74) is 3.36. The largest absolute Gasteiger partial charge is 0.338 e. The lowest BCUT2D eigenvalue weighted by atomic mass is 10.1. The number of benzene rings is 2. The smallest absolute Gasteiger partial charge is 0.228 e. The van der Waals surface area contributed by atoms with Gasteiger partial charge in [0.05, 0.1) is 17.5 Å². The van der Waals surface area contributed by atoms with E-state index < -0.39 is 11.6 Å².